The molecule has 0 aliphatic heterocycles. The summed E-state index contributed by atoms with van der Waals surface area (Å²) in [5, 5.41) is 3.44. The summed E-state index contributed by atoms with van der Waals surface area (Å²) in [5.41, 5.74) is 0.809. The summed E-state index contributed by atoms with van der Waals surface area (Å²) in [7, 11) is 0. The van der Waals surface area contributed by atoms with Crippen molar-refractivity contribution in [2.75, 3.05) is 17.7 Å². The molecule has 3 nitrogen and oxygen atoms in total. The third-order valence-electron chi connectivity index (χ3n) is 2.63. The van der Waals surface area contributed by atoms with Gasteiger partial charge in [0.25, 0.3) is 5.91 Å². The van der Waals surface area contributed by atoms with Crippen molar-refractivity contribution in [1.29, 1.82) is 0 Å². The maximum Gasteiger partial charge on any atom is 0.262 e. The van der Waals surface area contributed by atoms with E-state index in [4.69, 9.17) is 16.3 Å². The molecule has 5 heteroatoms. The molecule has 1 N–H and O–H groups in total. The monoisotopic (exact) mass is 321 g/mol. The number of para-hydroxylation sites is 1. The van der Waals surface area contributed by atoms with Crippen LogP contribution in [0.15, 0.2) is 53.4 Å². The molecule has 0 radical (unpaired) electrons. The zero-order valence-electron chi connectivity index (χ0n) is 11.6. The minimum atomic E-state index is -0.195. The second-order valence-electron chi connectivity index (χ2n) is 4.22. The molecule has 110 valence electrons. The van der Waals surface area contributed by atoms with Gasteiger partial charge in [0.2, 0.25) is 0 Å². The van der Waals surface area contributed by atoms with Crippen LogP contribution in [-0.2, 0) is 4.79 Å². The molecule has 0 aliphatic rings. The maximum absolute atomic E-state index is 11.9. The number of carbonyl (C=O) groups excluding carboxylic acids is 1. The number of anilines is 1. The van der Waals surface area contributed by atoms with E-state index in [0.29, 0.717) is 10.8 Å². The van der Waals surface area contributed by atoms with E-state index in [1.807, 2.05) is 24.3 Å². The number of halogens is 1. The molecule has 0 spiro atoms. The minimum Gasteiger partial charge on any atom is -0.484 e. The molecule has 0 saturated heterocycles. The second-order valence-corrected chi connectivity index (χ2v) is 5.97. The highest BCUT2D eigenvalue weighted by Crippen LogP contribution is 2.26. The van der Waals surface area contributed by atoms with E-state index >= 15 is 0 Å². The van der Waals surface area contributed by atoms with Gasteiger partial charge < -0.3 is 10.1 Å². The molecule has 0 bridgehead atoms. The Labute approximate surface area is 133 Å². The number of hydrogen-bond acceptors (Lipinski definition) is 3. The van der Waals surface area contributed by atoms with Crippen LogP contribution in [0.5, 0.6) is 5.75 Å². The molecule has 2 aromatic carbocycles. The van der Waals surface area contributed by atoms with Crippen LogP contribution in [0.4, 0.5) is 5.69 Å². The highest BCUT2D eigenvalue weighted by Gasteiger charge is 2.07. The fraction of sp³-hybridized carbons (Fsp3) is 0.188. The molecule has 0 fully saturated rings. The smallest absolute Gasteiger partial charge is 0.262 e. The highest BCUT2D eigenvalue weighted by molar-refractivity contribution is 7.99. The van der Waals surface area contributed by atoms with Crippen LogP contribution in [0.25, 0.3) is 0 Å². The first-order valence-corrected chi connectivity index (χ1v) is 7.95. The van der Waals surface area contributed by atoms with Crippen molar-refractivity contribution in [3.63, 3.8) is 0 Å². The third kappa shape index (κ3) is 4.99. The fourth-order valence-corrected chi connectivity index (χ4v) is 2.68. The lowest BCUT2D eigenvalue weighted by atomic mass is 10.3. The Hall–Kier alpha value is -1.65. The predicted molar refractivity (Wildman–Crippen MR) is 88.4 cm³/mol. The first kappa shape index (κ1) is 15.7. The Bertz CT molecular complexity index is 619. The lowest BCUT2D eigenvalue weighted by Gasteiger charge is -2.11. The standard InChI is InChI=1S/C16H16ClNO2S/c1-2-21-15-9-4-3-8-14(15)18-16(19)11-20-13-7-5-6-12(17)10-13/h3-10H,2,11H2,1H3,(H,18,19). The van der Waals surface area contributed by atoms with Crippen molar-refractivity contribution in [2.45, 2.75) is 11.8 Å². The van der Waals surface area contributed by atoms with Gasteiger partial charge in [-0.05, 0) is 36.1 Å². The molecule has 0 saturated carbocycles. The van der Waals surface area contributed by atoms with Crippen LogP contribution < -0.4 is 10.1 Å². The summed E-state index contributed by atoms with van der Waals surface area (Å²) in [4.78, 5) is 13.0. The predicted octanol–water partition coefficient (Wildman–Crippen LogP) is 4.47. The molecule has 0 aromatic heterocycles. The summed E-state index contributed by atoms with van der Waals surface area (Å²) < 4.78 is 5.42. The van der Waals surface area contributed by atoms with Gasteiger partial charge >= 0.3 is 0 Å². The zero-order valence-corrected chi connectivity index (χ0v) is 13.2. The lowest BCUT2D eigenvalue weighted by molar-refractivity contribution is -0.118. The molecule has 2 rings (SSSR count). The quantitative estimate of drug-likeness (QED) is 0.798. The van der Waals surface area contributed by atoms with Gasteiger partial charge in [0.15, 0.2) is 6.61 Å². The summed E-state index contributed by atoms with van der Waals surface area (Å²) in [6.45, 7) is 2.02. The largest absolute Gasteiger partial charge is 0.484 e. The Kier molecular flexibility index (Phi) is 5.96. The summed E-state index contributed by atoms with van der Waals surface area (Å²) in [6.07, 6.45) is 0. The topological polar surface area (TPSA) is 38.3 Å². The lowest BCUT2D eigenvalue weighted by Crippen LogP contribution is -2.20. The second kappa shape index (κ2) is 7.96. The van der Waals surface area contributed by atoms with Crippen LogP contribution in [0, 0.1) is 0 Å². The van der Waals surface area contributed by atoms with Crippen LogP contribution >= 0.6 is 23.4 Å². The summed E-state index contributed by atoms with van der Waals surface area (Å²) in [5.74, 6) is 1.33. The summed E-state index contributed by atoms with van der Waals surface area (Å²) >= 11 is 7.55. The number of benzene rings is 2. The number of rotatable bonds is 6. The molecule has 1 amide bonds. The van der Waals surface area contributed by atoms with E-state index in [0.717, 1.165) is 16.3 Å². The van der Waals surface area contributed by atoms with Crippen molar-refractivity contribution < 1.29 is 9.53 Å². The highest BCUT2D eigenvalue weighted by atomic mass is 35.5. The number of hydrogen-bond donors (Lipinski definition) is 1. The Balaban J connectivity index is 1.93. The number of nitrogens with one attached hydrogen (secondary N) is 1. The Morgan fingerprint density at radius 2 is 2.05 bits per heavy atom. The van der Waals surface area contributed by atoms with Gasteiger partial charge in [0.05, 0.1) is 5.69 Å². The van der Waals surface area contributed by atoms with Crippen molar-refractivity contribution in [1.82, 2.24) is 0 Å². The molecule has 0 atom stereocenters. The van der Waals surface area contributed by atoms with Crippen LogP contribution in [0.1, 0.15) is 6.92 Å². The Morgan fingerprint density at radius 1 is 1.24 bits per heavy atom. The first-order chi connectivity index (χ1) is 10.2. The number of carbonyl (C=O) groups is 1. The fourth-order valence-electron chi connectivity index (χ4n) is 1.74. The molecule has 21 heavy (non-hydrogen) atoms. The van der Waals surface area contributed by atoms with Crippen molar-refractivity contribution >= 4 is 35.0 Å². The van der Waals surface area contributed by atoms with Gasteiger partial charge in [-0.15, -0.1) is 11.8 Å². The van der Waals surface area contributed by atoms with E-state index in [2.05, 4.69) is 12.2 Å². The molecule has 0 heterocycles. The minimum absolute atomic E-state index is 0.0501. The van der Waals surface area contributed by atoms with Gasteiger partial charge in [0, 0.05) is 9.92 Å². The van der Waals surface area contributed by atoms with E-state index in [1.54, 1.807) is 36.0 Å². The molecule has 0 aliphatic carbocycles. The van der Waals surface area contributed by atoms with E-state index in [1.165, 1.54) is 0 Å². The first-order valence-electron chi connectivity index (χ1n) is 6.59. The number of ether oxygens (including phenoxy) is 1. The Morgan fingerprint density at radius 3 is 2.81 bits per heavy atom. The van der Waals surface area contributed by atoms with Gasteiger partial charge in [-0.1, -0.05) is 36.7 Å². The third-order valence-corrected chi connectivity index (χ3v) is 3.82. The summed E-state index contributed by atoms with van der Waals surface area (Å²) in [6, 6.07) is 14.7. The molecule has 0 unspecified atom stereocenters. The average Bonchev–Trinajstić information content (AvgIpc) is 2.48. The van der Waals surface area contributed by atoms with Gasteiger partial charge in [-0.25, -0.2) is 0 Å². The maximum atomic E-state index is 11.9. The van der Waals surface area contributed by atoms with Crippen molar-refractivity contribution in [2.24, 2.45) is 0 Å². The van der Waals surface area contributed by atoms with Crippen LogP contribution in [0.3, 0.4) is 0 Å². The number of thioether (sulfide) groups is 1. The van der Waals surface area contributed by atoms with Crippen molar-refractivity contribution in [3.8, 4) is 5.75 Å². The van der Waals surface area contributed by atoms with E-state index in [-0.39, 0.29) is 12.5 Å². The molecule has 2 aromatic rings. The van der Waals surface area contributed by atoms with Gasteiger partial charge in [0.1, 0.15) is 5.75 Å². The SMILES string of the molecule is CCSc1ccccc1NC(=O)COc1cccc(Cl)c1. The van der Waals surface area contributed by atoms with Gasteiger partial charge in [-0.3, -0.25) is 4.79 Å². The molecular weight excluding hydrogens is 306 g/mol. The van der Waals surface area contributed by atoms with E-state index < -0.39 is 0 Å². The van der Waals surface area contributed by atoms with Crippen LogP contribution in [0.2, 0.25) is 5.02 Å². The van der Waals surface area contributed by atoms with Crippen molar-refractivity contribution in [3.05, 3.63) is 53.6 Å². The zero-order chi connectivity index (χ0) is 15.1. The average molecular weight is 322 g/mol. The van der Waals surface area contributed by atoms with E-state index in [9.17, 15) is 4.79 Å². The van der Waals surface area contributed by atoms with Gasteiger partial charge in [-0.2, -0.15) is 0 Å². The normalized spacial score (nSPS) is 10.2. The number of amides is 1. The molecular formula is C16H16ClNO2S. The van der Waals surface area contributed by atoms with Crippen LogP contribution in [-0.4, -0.2) is 18.3 Å².